The van der Waals surface area contributed by atoms with Crippen molar-refractivity contribution in [3.8, 4) is 0 Å². The normalized spacial score (nSPS) is 25.8. The van der Waals surface area contributed by atoms with E-state index in [0.717, 1.165) is 12.8 Å². The van der Waals surface area contributed by atoms with Gasteiger partial charge in [-0.2, -0.15) is 0 Å². The minimum Gasteiger partial charge on any atom is -0.346 e. The molecule has 0 bridgehead atoms. The molecule has 2 unspecified atom stereocenters. The molecule has 2 aromatic rings. The van der Waals surface area contributed by atoms with Gasteiger partial charge in [-0.3, -0.25) is 0 Å². The van der Waals surface area contributed by atoms with Crippen LogP contribution < -0.4 is 0 Å². The van der Waals surface area contributed by atoms with E-state index < -0.39 is 5.79 Å². The molecule has 20 heavy (non-hydrogen) atoms. The molecule has 0 N–H and O–H groups in total. The Morgan fingerprint density at radius 3 is 2.40 bits per heavy atom. The third-order valence-electron chi connectivity index (χ3n) is 3.81. The van der Waals surface area contributed by atoms with Gasteiger partial charge in [-0.25, -0.2) is 0 Å². The fraction of sp³-hybridized carbons (Fsp3) is 0.333. The molecule has 104 valence electrons. The summed E-state index contributed by atoms with van der Waals surface area (Å²) in [7, 11) is 0. The standard InChI is InChI=1S/C18H20O2/c1-18(19-14-15-8-4-2-5-9-15)13-12-17(20-18)16-10-6-3-7-11-16/h2-11,17H,12-14H2,1H3. The third-order valence-corrected chi connectivity index (χ3v) is 3.81. The molecule has 1 saturated heterocycles. The highest BCUT2D eigenvalue weighted by molar-refractivity contribution is 5.18. The summed E-state index contributed by atoms with van der Waals surface area (Å²) in [5.74, 6) is -0.476. The lowest BCUT2D eigenvalue weighted by Gasteiger charge is -2.25. The van der Waals surface area contributed by atoms with Crippen molar-refractivity contribution in [1.82, 2.24) is 0 Å². The van der Waals surface area contributed by atoms with Crippen molar-refractivity contribution in [1.29, 1.82) is 0 Å². The van der Waals surface area contributed by atoms with E-state index >= 15 is 0 Å². The van der Waals surface area contributed by atoms with Crippen LogP contribution in [0.2, 0.25) is 0 Å². The summed E-state index contributed by atoms with van der Waals surface area (Å²) in [6, 6.07) is 20.6. The van der Waals surface area contributed by atoms with Gasteiger partial charge in [0.15, 0.2) is 5.79 Å². The van der Waals surface area contributed by atoms with Crippen molar-refractivity contribution < 1.29 is 9.47 Å². The van der Waals surface area contributed by atoms with Crippen LogP contribution in [0.4, 0.5) is 0 Å². The van der Waals surface area contributed by atoms with Crippen molar-refractivity contribution in [2.45, 2.75) is 38.3 Å². The van der Waals surface area contributed by atoms with Crippen molar-refractivity contribution in [2.24, 2.45) is 0 Å². The molecule has 3 rings (SSSR count). The van der Waals surface area contributed by atoms with Crippen LogP contribution in [0.25, 0.3) is 0 Å². The SMILES string of the molecule is CC1(OCc2ccccc2)CCC(c2ccccc2)O1. The van der Waals surface area contributed by atoms with Gasteiger partial charge in [0.05, 0.1) is 12.7 Å². The van der Waals surface area contributed by atoms with Crippen LogP contribution in [0.15, 0.2) is 60.7 Å². The molecule has 0 saturated carbocycles. The molecular formula is C18H20O2. The number of hydrogen-bond acceptors (Lipinski definition) is 2. The number of hydrogen-bond donors (Lipinski definition) is 0. The lowest BCUT2D eigenvalue weighted by Crippen LogP contribution is -2.27. The summed E-state index contributed by atoms with van der Waals surface area (Å²) < 4.78 is 12.1. The number of benzene rings is 2. The topological polar surface area (TPSA) is 18.5 Å². The van der Waals surface area contributed by atoms with Gasteiger partial charge in [0.1, 0.15) is 0 Å². The van der Waals surface area contributed by atoms with Crippen LogP contribution in [-0.4, -0.2) is 5.79 Å². The second-order valence-electron chi connectivity index (χ2n) is 5.46. The second kappa shape index (κ2) is 5.78. The van der Waals surface area contributed by atoms with Crippen molar-refractivity contribution in [3.63, 3.8) is 0 Å². The summed E-state index contributed by atoms with van der Waals surface area (Å²) in [6.45, 7) is 2.64. The molecule has 0 radical (unpaired) electrons. The Morgan fingerprint density at radius 1 is 1.05 bits per heavy atom. The minimum absolute atomic E-state index is 0.150. The molecule has 1 heterocycles. The van der Waals surface area contributed by atoms with E-state index in [4.69, 9.17) is 9.47 Å². The van der Waals surface area contributed by atoms with Crippen molar-refractivity contribution in [2.75, 3.05) is 0 Å². The van der Waals surface area contributed by atoms with E-state index in [9.17, 15) is 0 Å². The zero-order valence-electron chi connectivity index (χ0n) is 11.8. The highest BCUT2D eigenvalue weighted by Crippen LogP contribution is 2.40. The fourth-order valence-electron chi connectivity index (χ4n) is 2.63. The quantitative estimate of drug-likeness (QED) is 0.814. The third kappa shape index (κ3) is 3.09. The Bertz CT molecular complexity index is 538. The first-order chi connectivity index (χ1) is 9.75. The van der Waals surface area contributed by atoms with E-state index in [2.05, 4.69) is 36.4 Å². The first-order valence-electron chi connectivity index (χ1n) is 7.16. The van der Waals surface area contributed by atoms with E-state index in [-0.39, 0.29) is 6.10 Å². The molecule has 1 aliphatic rings. The maximum atomic E-state index is 6.13. The zero-order valence-corrected chi connectivity index (χ0v) is 11.8. The van der Waals surface area contributed by atoms with Crippen LogP contribution in [0.5, 0.6) is 0 Å². The van der Waals surface area contributed by atoms with Crippen LogP contribution in [0, 0.1) is 0 Å². The predicted octanol–water partition coefficient (Wildman–Crippen LogP) is 4.47. The molecule has 0 aromatic heterocycles. The average molecular weight is 268 g/mol. The van der Waals surface area contributed by atoms with Gasteiger partial charge < -0.3 is 9.47 Å². The number of rotatable bonds is 4. The van der Waals surface area contributed by atoms with Gasteiger partial charge in [0, 0.05) is 6.42 Å². The summed E-state index contributed by atoms with van der Waals surface area (Å²) in [4.78, 5) is 0. The summed E-state index contributed by atoms with van der Waals surface area (Å²) in [6.07, 6.45) is 2.09. The van der Waals surface area contributed by atoms with Crippen LogP contribution in [0.3, 0.4) is 0 Å². The lowest BCUT2D eigenvalue weighted by atomic mass is 10.1. The maximum Gasteiger partial charge on any atom is 0.166 e. The van der Waals surface area contributed by atoms with E-state index in [1.54, 1.807) is 0 Å². The predicted molar refractivity (Wildman–Crippen MR) is 79.1 cm³/mol. The Morgan fingerprint density at radius 2 is 1.70 bits per heavy atom. The highest BCUT2D eigenvalue weighted by atomic mass is 16.7. The van der Waals surface area contributed by atoms with Gasteiger partial charge >= 0.3 is 0 Å². The van der Waals surface area contributed by atoms with Crippen LogP contribution in [0.1, 0.15) is 37.0 Å². The molecule has 2 heteroatoms. The Hall–Kier alpha value is -1.64. The molecule has 2 nitrogen and oxygen atoms in total. The Kier molecular flexibility index (Phi) is 3.86. The Balaban J connectivity index is 1.61. The van der Waals surface area contributed by atoms with Crippen molar-refractivity contribution >= 4 is 0 Å². The van der Waals surface area contributed by atoms with Crippen LogP contribution >= 0.6 is 0 Å². The van der Waals surface area contributed by atoms with Crippen molar-refractivity contribution in [3.05, 3.63) is 71.8 Å². The highest BCUT2D eigenvalue weighted by Gasteiger charge is 2.37. The summed E-state index contributed by atoms with van der Waals surface area (Å²) in [5.41, 5.74) is 2.42. The molecule has 2 aromatic carbocycles. The first kappa shape index (κ1) is 13.3. The Labute approximate surface area is 120 Å². The molecule has 1 aliphatic heterocycles. The summed E-state index contributed by atoms with van der Waals surface area (Å²) in [5, 5.41) is 0. The molecular weight excluding hydrogens is 248 g/mol. The first-order valence-corrected chi connectivity index (χ1v) is 7.16. The second-order valence-corrected chi connectivity index (χ2v) is 5.46. The molecule has 2 atom stereocenters. The van der Waals surface area contributed by atoms with Gasteiger partial charge in [-0.15, -0.1) is 0 Å². The van der Waals surface area contributed by atoms with E-state index in [1.807, 2.05) is 31.2 Å². The molecule has 0 amide bonds. The van der Waals surface area contributed by atoms with Crippen LogP contribution in [-0.2, 0) is 16.1 Å². The summed E-state index contributed by atoms with van der Waals surface area (Å²) >= 11 is 0. The van der Waals surface area contributed by atoms with Gasteiger partial charge in [-0.1, -0.05) is 60.7 Å². The maximum absolute atomic E-state index is 6.13. The lowest BCUT2D eigenvalue weighted by molar-refractivity contribution is -0.222. The molecule has 0 aliphatic carbocycles. The number of ether oxygens (including phenoxy) is 2. The average Bonchev–Trinajstić information content (AvgIpc) is 2.90. The molecule has 0 spiro atoms. The van der Waals surface area contributed by atoms with Gasteiger partial charge in [-0.05, 0) is 24.5 Å². The fourth-order valence-corrected chi connectivity index (χ4v) is 2.63. The zero-order chi connectivity index (χ0) is 13.8. The monoisotopic (exact) mass is 268 g/mol. The smallest absolute Gasteiger partial charge is 0.166 e. The largest absolute Gasteiger partial charge is 0.346 e. The minimum atomic E-state index is -0.476. The van der Waals surface area contributed by atoms with Gasteiger partial charge in [0.2, 0.25) is 0 Å². The molecule has 1 fully saturated rings. The van der Waals surface area contributed by atoms with E-state index in [0.29, 0.717) is 6.61 Å². The van der Waals surface area contributed by atoms with Gasteiger partial charge in [0.25, 0.3) is 0 Å². The van der Waals surface area contributed by atoms with E-state index in [1.165, 1.54) is 11.1 Å².